The second-order valence-electron chi connectivity index (χ2n) is 7.54. The molecule has 3 heteroatoms. The van der Waals surface area contributed by atoms with Crippen LogP contribution in [0.15, 0.2) is 0 Å². The lowest BCUT2D eigenvalue weighted by atomic mass is 9.61. The van der Waals surface area contributed by atoms with Crippen LogP contribution < -0.4 is 0 Å². The number of rotatable bonds is 2. The van der Waals surface area contributed by atoms with E-state index in [1.165, 1.54) is 13.5 Å². The Hall–Kier alpha value is -0.570. The maximum Gasteiger partial charge on any atom is 0.341 e. The number of methoxy groups -OCH3 is 1. The topological polar surface area (TPSA) is 38.8 Å². The molecule has 0 N–H and O–H groups in total. The normalized spacial score (nSPS) is 38.6. The van der Waals surface area contributed by atoms with Crippen LogP contribution in [0.25, 0.3) is 0 Å². The van der Waals surface area contributed by atoms with Gasteiger partial charge < -0.3 is 9.47 Å². The minimum atomic E-state index is -0.708. The molecule has 1 aliphatic heterocycles. The zero-order chi connectivity index (χ0) is 14.5. The minimum Gasteiger partial charge on any atom is -0.467 e. The molecule has 1 heterocycles. The van der Waals surface area contributed by atoms with E-state index in [1.807, 2.05) is 0 Å². The average Bonchev–Trinajstić information content (AvgIpc) is 2.97. The van der Waals surface area contributed by atoms with Gasteiger partial charge in [0.25, 0.3) is 0 Å². The standard InChI is InChI=1S/C16H28O3/c1-11(2)16(13(17)18-6)15(19-16)10-8-7-9-12(15)14(3,4)5/h11-12H,7-10H2,1-6H3. The fourth-order valence-corrected chi connectivity index (χ4v) is 4.31. The Labute approximate surface area is 117 Å². The highest BCUT2D eigenvalue weighted by Gasteiger charge is 2.80. The molecular formula is C16H28O3. The van der Waals surface area contributed by atoms with Gasteiger partial charge in [-0.1, -0.05) is 47.5 Å². The van der Waals surface area contributed by atoms with Crippen molar-refractivity contribution in [1.82, 2.24) is 0 Å². The summed E-state index contributed by atoms with van der Waals surface area (Å²) in [5.41, 5.74) is -0.837. The molecule has 1 saturated carbocycles. The Balaban J connectivity index is 2.39. The van der Waals surface area contributed by atoms with Crippen molar-refractivity contribution < 1.29 is 14.3 Å². The summed E-state index contributed by atoms with van der Waals surface area (Å²) >= 11 is 0. The van der Waals surface area contributed by atoms with Crippen molar-refractivity contribution in [3.05, 3.63) is 0 Å². The van der Waals surface area contributed by atoms with Crippen molar-refractivity contribution in [3.8, 4) is 0 Å². The molecule has 0 aromatic rings. The van der Waals surface area contributed by atoms with Gasteiger partial charge in [0.2, 0.25) is 0 Å². The highest BCUT2D eigenvalue weighted by atomic mass is 16.7. The first-order valence-electron chi connectivity index (χ1n) is 7.51. The van der Waals surface area contributed by atoms with E-state index < -0.39 is 5.60 Å². The number of carbonyl (C=O) groups excluding carboxylic acids is 1. The molecular weight excluding hydrogens is 240 g/mol. The summed E-state index contributed by atoms with van der Waals surface area (Å²) < 4.78 is 11.3. The van der Waals surface area contributed by atoms with E-state index in [0.29, 0.717) is 5.92 Å². The van der Waals surface area contributed by atoms with Crippen LogP contribution in [0.5, 0.6) is 0 Å². The van der Waals surface area contributed by atoms with Gasteiger partial charge in [0.1, 0.15) is 5.60 Å². The Bertz CT molecular complexity index is 369. The van der Waals surface area contributed by atoms with Crippen LogP contribution in [0.3, 0.4) is 0 Å². The number of hydrogen-bond acceptors (Lipinski definition) is 3. The zero-order valence-electron chi connectivity index (χ0n) is 13.2. The molecule has 2 rings (SSSR count). The zero-order valence-corrected chi connectivity index (χ0v) is 13.2. The molecule has 0 aromatic heterocycles. The van der Waals surface area contributed by atoms with E-state index in [2.05, 4.69) is 34.6 Å². The molecule has 3 unspecified atom stereocenters. The number of carbonyl (C=O) groups is 1. The monoisotopic (exact) mass is 268 g/mol. The van der Waals surface area contributed by atoms with Crippen LogP contribution in [-0.4, -0.2) is 24.3 Å². The third-order valence-corrected chi connectivity index (χ3v) is 5.13. The lowest BCUT2D eigenvalue weighted by Gasteiger charge is -2.40. The van der Waals surface area contributed by atoms with Crippen LogP contribution in [-0.2, 0) is 14.3 Å². The molecule has 0 radical (unpaired) electrons. The Morgan fingerprint density at radius 2 is 1.95 bits per heavy atom. The molecule has 1 spiro atoms. The quantitative estimate of drug-likeness (QED) is 0.568. The van der Waals surface area contributed by atoms with E-state index in [-0.39, 0.29) is 22.9 Å². The van der Waals surface area contributed by atoms with Gasteiger partial charge in [0.15, 0.2) is 5.60 Å². The van der Waals surface area contributed by atoms with Gasteiger partial charge in [-0.05, 0) is 30.1 Å². The van der Waals surface area contributed by atoms with E-state index in [4.69, 9.17) is 9.47 Å². The fraction of sp³-hybridized carbons (Fsp3) is 0.938. The van der Waals surface area contributed by atoms with E-state index >= 15 is 0 Å². The first-order valence-corrected chi connectivity index (χ1v) is 7.51. The van der Waals surface area contributed by atoms with Crippen LogP contribution in [0, 0.1) is 17.3 Å². The summed E-state index contributed by atoms with van der Waals surface area (Å²) in [7, 11) is 1.47. The van der Waals surface area contributed by atoms with E-state index in [9.17, 15) is 4.79 Å². The van der Waals surface area contributed by atoms with Crippen LogP contribution in [0.2, 0.25) is 0 Å². The molecule has 3 nitrogen and oxygen atoms in total. The second kappa shape index (κ2) is 4.47. The van der Waals surface area contributed by atoms with Crippen LogP contribution in [0.1, 0.15) is 60.3 Å². The van der Waals surface area contributed by atoms with Crippen molar-refractivity contribution in [2.45, 2.75) is 71.5 Å². The largest absolute Gasteiger partial charge is 0.467 e. The third-order valence-electron chi connectivity index (χ3n) is 5.13. The molecule has 2 fully saturated rings. The Morgan fingerprint density at radius 3 is 2.42 bits per heavy atom. The molecule has 0 bridgehead atoms. The van der Waals surface area contributed by atoms with E-state index in [0.717, 1.165) is 19.3 Å². The van der Waals surface area contributed by atoms with Gasteiger partial charge in [0, 0.05) is 0 Å². The number of epoxide rings is 1. The van der Waals surface area contributed by atoms with Crippen molar-refractivity contribution in [2.24, 2.45) is 17.3 Å². The molecule has 1 saturated heterocycles. The summed E-state index contributed by atoms with van der Waals surface area (Å²) in [5, 5.41) is 0. The third kappa shape index (κ3) is 1.93. The SMILES string of the molecule is COC(=O)C1(C(C)C)OC12CCCCC2C(C)(C)C. The molecule has 110 valence electrons. The van der Waals surface area contributed by atoms with Crippen molar-refractivity contribution in [1.29, 1.82) is 0 Å². The Morgan fingerprint density at radius 1 is 1.32 bits per heavy atom. The number of hydrogen-bond donors (Lipinski definition) is 0. The number of esters is 1. The highest BCUT2D eigenvalue weighted by molar-refractivity contribution is 5.85. The maximum atomic E-state index is 12.3. The molecule has 3 atom stereocenters. The number of ether oxygens (including phenoxy) is 2. The lowest BCUT2D eigenvalue weighted by molar-refractivity contribution is -0.149. The molecule has 1 aliphatic carbocycles. The highest BCUT2D eigenvalue weighted by Crippen LogP contribution is 2.66. The van der Waals surface area contributed by atoms with Gasteiger partial charge in [-0.3, -0.25) is 0 Å². The molecule has 19 heavy (non-hydrogen) atoms. The minimum absolute atomic E-state index is 0.155. The van der Waals surface area contributed by atoms with Gasteiger partial charge >= 0.3 is 5.97 Å². The predicted molar refractivity (Wildman–Crippen MR) is 74.8 cm³/mol. The molecule has 2 aliphatic rings. The predicted octanol–water partition coefficient (Wildman–Crippen LogP) is 3.56. The van der Waals surface area contributed by atoms with Gasteiger partial charge in [0.05, 0.1) is 7.11 Å². The molecule has 0 aromatic carbocycles. The first kappa shape index (κ1) is 14.8. The average molecular weight is 268 g/mol. The summed E-state index contributed by atoms with van der Waals surface area (Å²) in [6.45, 7) is 10.9. The lowest BCUT2D eigenvalue weighted by Crippen LogP contribution is -2.48. The van der Waals surface area contributed by atoms with Crippen molar-refractivity contribution >= 4 is 5.97 Å². The smallest absolute Gasteiger partial charge is 0.341 e. The van der Waals surface area contributed by atoms with Gasteiger partial charge in [-0.2, -0.15) is 0 Å². The molecule has 0 amide bonds. The maximum absolute atomic E-state index is 12.3. The van der Waals surface area contributed by atoms with E-state index in [1.54, 1.807) is 0 Å². The summed E-state index contributed by atoms with van der Waals surface area (Å²) in [4.78, 5) is 12.3. The van der Waals surface area contributed by atoms with Crippen molar-refractivity contribution in [3.63, 3.8) is 0 Å². The van der Waals surface area contributed by atoms with Crippen molar-refractivity contribution in [2.75, 3.05) is 7.11 Å². The Kier molecular flexibility index (Phi) is 3.49. The summed E-state index contributed by atoms with van der Waals surface area (Å²) in [5.74, 6) is 0.400. The van der Waals surface area contributed by atoms with Gasteiger partial charge in [-0.15, -0.1) is 0 Å². The summed E-state index contributed by atoms with van der Waals surface area (Å²) in [6, 6.07) is 0. The van der Waals surface area contributed by atoms with Gasteiger partial charge in [-0.25, -0.2) is 4.79 Å². The van der Waals surface area contributed by atoms with Crippen LogP contribution >= 0.6 is 0 Å². The fourth-order valence-electron chi connectivity index (χ4n) is 4.31. The second-order valence-corrected chi connectivity index (χ2v) is 7.54. The first-order chi connectivity index (χ1) is 8.72. The van der Waals surface area contributed by atoms with Crippen LogP contribution in [0.4, 0.5) is 0 Å². The summed E-state index contributed by atoms with van der Waals surface area (Å²) in [6.07, 6.45) is 4.53.